The molecule has 0 bridgehead atoms. The predicted octanol–water partition coefficient (Wildman–Crippen LogP) is 2.99. The van der Waals surface area contributed by atoms with Crippen molar-refractivity contribution in [2.75, 3.05) is 20.8 Å². The van der Waals surface area contributed by atoms with Crippen molar-refractivity contribution in [1.29, 1.82) is 0 Å². The average Bonchev–Trinajstić information content (AvgIpc) is 2.97. The maximum absolute atomic E-state index is 5.17. The molecule has 0 saturated heterocycles. The lowest BCUT2D eigenvalue weighted by Crippen LogP contribution is -2.30. The molecule has 1 heterocycles. The number of nitrogens with one attached hydrogen (secondary N) is 1. The quantitative estimate of drug-likeness (QED) is 0.872. The first-order chi connectivity index (χ1) is 9.19. The molecule has 1 aromatic heterocycles. The van der Waals surface area contributed by atoms with Gasteiger partial charge in [0.15, 0.2) is 0 Å². The molecule has 19 heavy (non-hydrogen) atoms. The smallest absolute Gasteiger partial charge is 0.0699 e. The number of methoxy groups -OCH3 is 1. The molecular formula is C14H24BrN3O. The Hall–Kier alpha value is -0.390. The van der Waals surface area contributed by atoms with Crippen molar-refractivity contribution in [3.8, 4) is 0 Å². The Morgan fingerprint density at radius 2 is 2.37 bits per heavy atom. The van der Waals surface area contributed by atoms with E-state index in [9.17, 15) is 0 Å². The number of halogens is 1. The molecule has 1 aromatic rings. The van der Waals surface area contributed by atoms with E-state index >= 15 is 0 Å². The van der Waals surface area contributed by atoms with E-state index < -0.39 is 0 Å². The molecular weight excluding hydrogens is 306 g/mol. The van der Waals surface area contributed by atoms with Crippen molar-refractivity contribution in [2.24, 2.45) is 11.8 Å². The molecule has 3 atom stereocenters. The van der Waals surface area contributed by atoms with Crippen LogP contribution in [0.4, 0.5) is 0 Å². The molecule has 0 aromatic carbocycles. The third-order valence-electron chi connectivity index (χ3n) is 4.30. The van der Waals surface area contributed by atoms with E-state index in [1.165, 1.54) is 25.0 Å². The second-order valence-electron chi connectivity index (χ2n) is 5.43. The molecule has 5 heteroatoms. The van der Waals surface area contributed by atoms with Gasteiger partial charge in [-0.1, -0.05) is 19.8 Å². The van der Waals surface area contributed by atoms with E-state index in [-0.39, 0.29) is 0 Å². The normalized spacial score (nSPS) is 24.8. The lowest BCUT2D eigenvalue weighted by molar-refractivity contribution is 0.179. The highest BCUT2D eigenvalue weighted by Gasteiger charge is 2.33. The summed E-state index contributed by atoms with van der Waals surface area (Å²) in [5, 5.41) is 7.97. The maximum Gasteiger partial charge on any atom is 0.0699 e. The van der Waals surface area contributed by atoms with Crippen LogP contribution in [0.25, 0.3) is 0 Å². The largest absolute Gasteiger partial charge is 0.383 e. The van der Waals surface area contributed by atoms with Crippen molar-refractivity contribution in [1.82, 2.24) is 15.1 Å². The lowest BCUT2D eigenvalue weighted by Gasteiger charge is -2.27. The van der Waals surface area contributed by atoms with E-state index in [0.717, 1.165) is 16.9 Å². The number of ether oxygens (including phenoxy) is 1. The highest BCUT2D eigenvalue weighted by molar-refractivity contribution is 9.10. The standard InChI is InChI=1S/C14H24BrN3O/c1-10-5-4-6-11(10)13(16-2)14-12(15)9-17-18(14)7-8-19-3/h9-11,13,16H,4-8H2,1-3H3. The van der Waals surface area contributed by atoms with Gasteiger partial charge in [-0.2, -0.15) is 5.10 Å². The van der Waals surface area contributed by atoms with Crippen LogP contribution in [0, 0.1) is 11.8 Å². The fourth-order valence-corrected chi connectivity index (χ4v) is 3.80. The van der Waals surface area contributed by atoms with Crippen LogP contribution >= 0.6 is 15.9 Å². The van der Waals surface area contributed by atoms with Gasteiger partial charge < -0.3 is 10.1 Å². The minimum absolute atomic E-state index is 0.367. The molecule has 0 radical (unpaired) electrons. The number of aromatic nitrogens is 2. The number of nitrogens with zero attached hydrogens (tertiary/aromatic N) is 2. The zero-order chi connectivity index (χ0) is 13.8. The first-order valence-corrected chi connectivity index (χ1v) is 7.85. The van der Waals surface area contributed by atoms with Crippen LogP contribution in [0.5, 0.6) is 0 Å². The molecule has 0 spiro atoms. The third kappa shape index (κ3) is 3.20. The molecule has 0 aliphatic heterocycles. The van der Waals surface area contributed by atoms with Gasteiger partial charge in [0.25, 0.3) is 0 Å². The summed E-state index contributed by atoms with van der Waals surface area (Å²) in [6.45, 7) is 3.86. The zero-order valence-electron chi connectivity index (χ0n) is 12.0. The van der Waals surface area contributed by atoms with Crippen LogP contribution in [-0.2, 0) is 11.3 Å². The molecule has 108 valence electrons. The summed E-state index contributed by atoms with van der Waals surface area (Å²) in [5.74, 6) is 1.47. The minimum Gasteiger partial charge on any atom is -0.383 e. The van der Waals surface area contributed by atoms with Gasteiger partial charge >= 0.3 is 0 Å². The third-order valence-corrected chi connectivity index (χ3v) is 4.91. The monoisotopic (exact) mass is 329 g/mol. The topological polar surface area (TPSA) is 39.1 Å². The van der Waals surface area contributed by atoms with E-state index in [0.29, 0.717) is 18.6 Å². The molecule has 4 nitrogen and oxygen atoms in total. The Balaban J connectivity index is 2.24. The second kappa shape index (κ2) is 6.86. The Morgan fingerprint density at radius 3 is 2.95 bits per heavy atom. The van der Waals surface area contributed by atoms with Crippen molar-refractivity contribution in [3.05, 3.63) is 16.4 Å². The number of hydrogen-bond acceptors (Lipinski definition) is 3. The summed E-state index contributed by atoms with van der Waals surface area (Å²) in [5.41, 5.74) is 1.26. The molecule has 2 rings (SSSR count). The van der Waals surface area contributed by atoms with E-state index in [1.807, 2.05) is 6.20 Å². The summed E-state index contributed by atoms with van der Waals surface area (Å²) in [6.07, 6.45) is 5.88. The second-order valence-corrected chi connectivity index (χ2v) is 6.29. The molecule has 1 aliphatic carbocycles. The van der Waals surface area contributed by atoms with Gasteiger partial charge in [0.1, 0.15) is 0 Å². The van der Waals surface area contributed by atoms with E-state index in [1.54, 1.807) is 7.11 Å². The molecule has 1 saturated carbocycles. The SMILES string of the molecule is CNC(c1c(Br)cnn1CCOC)C1CCCC1C. The average molecular weight is 330 g/mol. The van der Waals surface area contributed by atoms with Crippen molar-refractivity contribution < 1.29 is 4.74 Å². The number of hydrogen-bond donors (Lipinski definition) is 1. The Morgan fingerprint density at radius 1 is 1.58 bits per heavy atom. The van der Waals surface area contributed by atoms with Gasteiger partial charge in [-0.15, -0.1) is 0 Å². The van der Waals surface area contributed by atoms with Gasteiger partial charge in [-0.05, 0) is 41.2 Å². The van der Waals surface area contributed by atoms with Gasteiger partial charge in [0, 0.05) is 7.11 Å². The highest BCUT2D eigenvalue weighted by atomic mass is 79.9. The minimum atomic E-state index is 0.367. The van der Waals surface area contributed by atoms with Gasteiger partial charge in [0.2, 0.25) is 0 Å². The van der Waals surface area contributed by atoms with Gasteiger partial charge in [-0.3, -0.25) is 4.68 Å². The molecule has 3 unspecified atom stereocenters. The summed E-state index contributed by atoms with van der Waals surface area (Å²) >= 11 is 3.65. The van der Waals surface area contributed by atoms with Crippen LogP contribution in [-0.4, -0.2) is 30.5 Å². The summed E-state index contributed by atoms with van der Waals surface area (Å²) in [7, 11) is 3.78. The van der Waals surface area contributed by atoms with Crippen molar-refractivity contribution >= 4 is 15.9 Å². The van der Waals surface area contributed by atoms with Crippen molar-refractivity contribution in [3.63, 3.8) is 0 Å². The Bertz CT molecular complexity index is 407. The van der Waals surface area contributed by atoms with Crippen LogP contribution < -0.4 is 5.32 Å². The molecule has 1 aliphatic rings. The van der Waals surface area contributed by atoms with Crippen LogP contribution in [0.15, 0.2) is 10.7 Å². The van der Waals surface area contributed by atoms with Crippen LogP contribution in [0.2, 0.25) is 0 Å². The van der Waals surface area contributed by atoms with E-state index in [4.69, 9.17) is 4.74 Å². The summed E-state index contributed by atoms with van der Waals surface area (Å²) in [6, 6.07) is 0.367. The lowest BCUT2D eigenvalue weighted by atomic mass is 9.88. The highest BCUT2D eigenvalue weighted by Crippen LogP contribution is 2.41. The van der Waals surface area contributed by atoms with E-state index in [2.05, 4.69) is 45.0 Å². The maximum atomic E-state index is 5.17. The molecule has 1 fully saturated rings. The Labute approximate surface area is 124 Å². The van der Waals surface area contributed by atoms with Gasteiger partial charge in [0.05, 0.1) is 35.6 Å². The zero-order valence-corrected chi connectivity index (χ0v) is 13.6. The number of rotatable bonds is 6. The fourth-order valence-electron chi connectivity index (χ4n) is 3.26. The molecule has 1 N–H and O–H groups in total. The first kappa shape index (κ1) is 15.0. The van der Waals surface area contributed by atoms with Crippen LogP contribution in [0.3, 0.4) is 0 Å². The van der Waals surface area contributed by atoms with Gasteiger partial charge in [-0.25, -0.2) is 0 Å². The Kier molecular flexibility index (Phi) is 5.42. The summed E-state index contributed by atoms with van der Waals surface area (Å²) in [4.78, 5) is 0. The predicted molar refractivity (Wildman–Crippen MR) is 80.1 cm³/mol. The van der Waals surface area contributed by atoms with Crippen molar-refractivity contribution in [2.45, 2.75) is 38.8 Å². The summed E-state index contributed by atoms with van der Waals surface area (Å²) < 4.78 is 8.34. The molecule has 0 amide bonds. The van der Waals surface area contributed by atoms with Crippen LogP contribution in [0.1, 0.15) is 37.9 Å². The first-order valence-electron chi connectivity index (χ1n) is 7.06. The fraction of sp³-hybridized carbons (Fsp3) is 0.786.